The summed E-state index contributed by atoms with van der Waals surface area (Å²) in [5, 5.41) is 0. The van der Waals surface area contributed by atoms with Crippen LogP contribution in [0.15, 0.2) is 0 Å². The second-order valence-corrected chi connectivity index (χ2v) is 3.77. The monoisotopic (exact) mass is 238 g/mol. The van der Waals surface area contributed by atoms with E-state index in [1.807, 2.05) is 0 Å². The highest BCUT2D eigenvalue weighted by Crippen LogP contribution is 2.61. The number of ketones is 1. The Morgan fingerprint density at radius 1 is 1.38 bits per heavy atom. The first-order valence-electron chi connectivity index (χ1n) is 5.07. The van der Waals surface area contributed by atoms with Crippen LogP contribution >= 0.6 is 0 Å². The summed E-state index contributed by atoms with van der Waals surface area (Å²) in [6.45, 7) is 2.91. The van der Waals surface area contributed by atoms with Crippen LogP contribution < -0.4 is 0 Å². The van der Waals surface area contributed by atoms with Gasteiger partial charge in [0.05, 0.1) is 12.5 Å². The molecule has 1 aliphatic carbocycles. The number of Topliss-reactive ketones (excluding diaryl/α,β-unsaturated/α-hetero) is 1. The van der Waals surface area contributed by atoms with E-state index >= 15 is 0 Å². The molecule has 16 heavy (non-hydrogen) atoms. The fourth-order valence-corrected chi connectivity index (χ4v) is 1.88. The van der Waals surface area contributed by atoms with Gasteiger partial charge in [0, 0.05) is 6.42 Å². The molecular weight excluding hydrogens is 225 g/mol. The maximum atomic E-state index is 12.5. The lowest BCUT2D eigenvalue weighted by atomic mass is 9.95. The fourth-order valence-electron chi connectivity index (χ4n) is 1.88. The lowest BCUT2D eigenvalue weighted by Gasteiger charge is -2.15. The molecule has 0 saturated heterocycles. The molecule has 0 spiro atoms. The Morgan fingerprint density at radius 2 is 1.94 bits per heavy atom. The SMILES string of the molecule is CCOC(=O)C1(C(=O)CC)CC1C(F)(F)F. The van der Waals surface area contributed by atoms with Gasteiger partial charge in [-0.1, -0.05) is 6.92 Å². The maximum absolute atomic E-state index is 12.5. The molecule has 0 aromatic heterocycles. The standard InChI is InChI=1S/C10H13F3O3/c1-3-7(14)9(8(15)16-4-2)5-6(9)10(11,12)13/h6H,3-5H2,1-2H3. The van der Waals surface area contributed by atoms with E-state index in [-0.39, 0.29) is 13.0 Å². The summed E-state index contributed by atoms with van der Waals surface area (Å²) in [4.78, 5) is 22.9. The van der Waals surface area contributed by atoms with Gasteiger partial charge in [0.1, 0.15) is 5.41 Å². The van der Waals surface area contributed by atoms with Crippen LogP contribution in [0.1, 0.15) is 26.7 Å². The summed E-state index contributed by atoms with van der Waals surface area (Å²) in [6.07, 6.45) is -5.08. The fraction of sp³-hybridized carbons (Fsp3) is 0.800. The number of alkyl halides is 3. The molecule has 0 N–H and O–H groups in total. The normalized spacial score (nSPS) is 28.7. The molecule has 92 valence electrons. The molecule has 1 fully saturated rings. The van der Waals surface area contributed by atoms with Crippen LogP contribution in [0.25, 0.3) is 0 Å². The van der Waals surface area contributed by atoms with E-state index in [4.69, 9.17) is 0 Å². The average Bonchev–Trinajstić information content (AvgIpc) is 2.92. The summed E-state index contributed by atoms with van der Waals surface area (Å²) in [5.74, 6) is -3.59. The van der Waals surface area contributed by atoms with Crippen LogP contribution in [-0.4, -0.2) is 24.5 Å². The minimum Gasteiger partial charge on any atom is -0.465 e. The third-order valence-electron chi connectivity index (χ3n) is 2.81. The predicted octanol–water partition coefficient (Wildman–Crippen LogP) is 2.10. The molecule has 0 amide bonds. The second-order valence-electron chi connectivity index (χ2n) is 3.77. The van der Waals surface area contributed by atoms with Crippen LogP contribution in [-0.2, 0) is 14.3 Å². The largest absolute Gasteiger partial charge is 0.465 e. The number of hydrogen-bond donors (Lipinski definition) is 0. The average molecular weight is 238 g/mol. The van der Waals surface area contributed by atoms with Crippen molar-refractivity contribution in [2.24, 2.45) is 11.3 Å². The van der Waals surface area contributed by atoms with Crippen molar-refractivity contribution in [3.8, 4) is 0 Å². The van der Waals surface area contributed by atoms with Gasteiger partial charge in [-0.2, -0.15) is 13.2 Å². The Morgan fingerprint density at radius 3 is 2.25 bits per heavy atom. The molecule has 2 unspecified atom stereocenters. The van der Waals surface area contributed by atoms with E-state index in [2.05, 4.69) is 4.74 Å². The lowest BCUT2D eigenvalue weighted by molar-refractivity contribution is -0.174. The van der Waals surface area contributed by atoms with Crippen molar-refractivity contribution in [3.05, 3.63) is 0 Å². The predicted molar refractivity (Wildman–Crippen MR) is 48.5 cm³/mol. The van der Waals surface area contributed by atoms with Gasteiger partial charge >= 0.3 is 12.1 Å². The van der Waals surface area contributed by atoms with Crippen molar-refractivity contribution in [1.29, 1.82) is 0 Å². The number of esters is 1. The lowest BCUT2D eigenvalue weighted by Crippen LogP contribution is -2.33. The molecule has 1 rings (SSSR count). The third kappa shape index (κ3) is 1.92. The minimum absolute atomic E-state index is 0.0256. The van der Waals surface area contributed by atoms with E-state index in [0.29, 0.717) is 0 Å². The van der Waals surface area contributed by atoms with Gasteiger partial charge < -0.3 is 4.74 Å². The molecule has 0 aliphatic heterocycles. The number of carbonyl (C=O) groups excluding carboxylic acids is 2. The molecule has 0 aromatic carbocycles. The highest BCUT2D eigenvalue weighted by atomic mass is 19.4. The zero-order valence-corrected chi connectivity index (χ0v) is 9.06. The molecular formula is C10H13F3O3. The van der Waals surface area contributed by atoms with Gasteiger partial charge in [-0.05, 0) is 13.3 Å². The van der Waals surface area contributed by atoms with Crippen LogP contribution in [0.5, 0.6) is 0 Å². The van der Waals surface area contributed by atoms with Crippen molar-refractivity contribution < 1.29 is 27.5 Å². The second kappa shape index (κ2) is 4.07. The number of hydrogen-bond acceptors (Lipinski definition) is 3. The van der Waals surface area contributed by atoms with E-state index < -0.39 is 35.7 Å². The number of ether oxygens (including phenoxy) is 1. The quantitative estimate of drug-likeness (QED) is 0.556. The zero-order valence-electron chi connectivity index (χ0n) is 9.06. The van der Waals surface area contributed by atoms with Crippen LogP contribution in [0, 0.1) is 11.3 Å². The van der Waals surface area contributed by atoms with Crippen molar-refractivity contribution in [1.82, 2.24) is 0 Å². The van der Waals surface area contributed by atoms with Crippen molar-refractivity contribution in [2.45, 2.75) is 32.9 Å². The van der Waals surface area contributed by atoms with Crippen molar-refractivity contribution in [3.63, 3.8) is 0 Å². The summed E-state index contributed by atoms with van der Waals surface area (Å²) in [7, 11) is 0. The minimum atomic E-state index is -4.52. The van der Waals surface area contributed by atoms with Crippen LogP contribution in [0.3, 0.4) is 0 Å². The number of halogens is 3. The van der Waals surface area contributed by atoms with E-state index in [1.165, 1.54) is 13.8 Å². The molecule has 6 heteroatoms. The van der Waals surface area contributed by atoms with Gasteiger partial charge in [0.25, 0.3) is 0 Å². The van der Waals surface area contributed by atoms with Gasteiger partial charge in [-0.3, -0.25) is 9.59 Å². The molecule has 1 saturated carbocycles. The summed E-state index contributed by atoms with van der Waals surface area (Å²) in [6, 6.07) is 0. The third-order valence-corrected chi connectivity index (χ3v) is 2.81. The first-order chi connectivity index (χ1) is 7.30. The number of rotatable bonds is 4. The molecule has 3 nitrogen and oxygen atoms in total. The molecule has 1 aliphatic rings. The summed E-state index contributed by atoms with van der Waals surface area (Å²) in [5.41, 5.74) is -1.96. The van der Waals surface area contributed by atoms with Gasteiger partial charge in [0.2, 0.25) is 0 Å². The highest BCUT2D eigenvalue weighted by Gasteiger charge is 2.74. The molecule has 0 bridgehead atoms. The first-order valence-corrected chi connectivity index (χ1v) is 5.07. The smallest absolute Gasteiger partial charge is 0.393 e. The Balaban J connectivity index is 2.92. The van der Waals surface area contributed by atoms with Crippen LogP contribution in [0.4, 0.5) is 13.2 Å². The van der Waals surface area contributed by atoms with Crippen LogP contribution in [0.2, 0.25) is 0 Å². The highest BCUT2D eigenvalue weighted by molar-refractivity contribution is 6.07. The van der Waals surface area contributed by atoms with Gasteiger partial charge in [0.15, 0.2) is 5.78 Å². The van der Waals surface area contributed by atoms with E-state index in [1.54, 1.807) is 0 Å². The Kier molecular flexibility index (Phi) is 3.30. The molecule has 0 aromatic rings. The summed E-state index contributed by atoms with van der Waals surface area (Å²) >= 11 is 0. The topological polar surface area (TPSA) is 43.4 Å². The van der Waals surface area contributed by atoms with Crippen molar-refractivity contribution in [2.75, 3.05) is 6.61 Å². The van der Waals surface area contributed by atoms with E-state index in [9.17, 15) is 22.8 Å². The van der Waals surface area contributed by atoms with Gasteiger partial charge in [-0.25, -0.2) is 0 Å². The molecule has 0 heterocycles. The zero-order chi connectivity index (χ0) is 12.6. The van der Waals surface area contributed by atoms with E-state index in [0.717, 1.165) is 0 Å². The summed E-state index contributed by atoms with van der Waals surface area (Å²) < 4.78 is 42.0. The Bertz CT molecular complexity index is 311. The molecule has 0 radical (unpaired) electrons. The van der Waals surface area contributed by atoms with Gasteiger partial charge in [-0.15, -0.1) is 0 Å². The maximum Gasteiger partial charge on any atom is 0.393 e. The first kappa shape index (κ1) is 13.0. The van der Waals surface area contributed by atoms with Crippen molar-refractivity contribution >= 4 is 11.8 Å². The number of carbonyl (C=O) groups is 2. The Labute approximate surface area is 91.0 Å². The molecule has 2 atom stereocenters. The Hall–Kier alpha value is -1.07.